The summed E-state index contributed by atoms with van der Waals surface area (Å²) in [7, 11) is 3.71. The number of aryl methyl sites for hydroxylation is 2. The highest BCUT2D eigenvalue weighted by Gasteiger charge is 2.18. The van der Waals surface area contributed by atoms with E-state index in [1.807, 2.05) is 13.1 Å². The van der Waals surface area contributed by atoms with Crippen molar-refractivity contribution in [3.63, 3.8) is 0 Å². The van der Waals surface area contributed by atoms with E-state index in [9.17, 15) is 0 Å². The van der Waals surface area contributed by atoms with Crippen molar-refractivity contribution in [3.8, 4) is 5.75 Å². The average Bonchev–Trinajstić information content (AvgIpc) is 2.77. The van der Waals surface area contributed by atoms with Crippen molar-refractivity contribution >= 4 is 11.3 Å². The molecule has 96 valence electrons. The van der Waals surface area contributed by atoms with Crippen molar-refractivity contribution in [2.75, 3.05) is 14.2 Å². The second kappa shape index (κ2) is 5.55. The Kier molecular flexibility index (Phi) is 4.04. The zero-order chi connectivity index (χ0) is 13.1. The van der Waals surface area contributed by atoms with Gasteiger partial charge in [0.05, 0.1) is 13.2 Å². The Balaban J connectivity index is 2.51. The van der Waals surface area contributed by atoms with Crippen molar-refractivity contribution < 1.29 is 4.74 Å². The predicted molar refractivity (Wildman–Crippen MR) is 77.7 cm³/mol. The van der Waals surface area contributed by atoms with Gasteiger partial charge in [0.15, 0.2) is 0 Å². The van der Waals surface area contributed by atoms with Gasteiger partial charge in [-0.05, 0) is 48.8 Å². The number of nitrogens with one attached hydrogen (secondary N) is 1. The summed E-state index contributed by atoms with van der Waals surface area (Å²) in [4.78, 5) is 0. The van der Waals surface area contributed by atoms with Gasteiger partial charge in [0.2, 0.25) is 0 Å². The molecule has 0 spiro atoms. The fraction of sp³-hybridized carbons (Fsp3) is 0.333. The third kappa shape index (κ3) is 2.42. The number of methoxy groups -OCH3 is 1. The molecule has 0 fully saturated rings. The van der Waals surface area contributed by atoms with E-state index in [0.717, 1.165) is 5.75 Å². The minimum Gasteiger partial charge on any atom is -0.496 e. The fourth-order valence-corrected chi connectivity index (χ4v) is 3.10. The topological polar surface area (TPSA) is 21.3 Å². The van der Waals surface area contributed by atoms with Gasteiger partial charge in [-0.2, -0.15) is 11.3 Å². The van der Waals surface area contributed by atoms with Gasteiger partial charge in [-0.3, -0.25) is 0 Å². The maximum absolute atomic E-state index is 5.48. The predicted octanol–water partition coefficient (Wildman–Crippen LogP) is 3.68. The van der Waals surface area contributed by atoms with E-state index in [1.165, 1.54) is 22.3 Å². The normalized spacial score (nSPS) is 12.4. The zero-order valence-electron chi connectivity index (χ0n) is 11.3. The molecule has 2 aromatic rings. The van der Waals surface area contributed by atoms with Crippen LogP contribution in [0, 0.1) is 13.8 Å². The standard InChI is InChI=1S/C15H19NOS/c1-10-5-6-14(17-4)12(7-10)15(16-3)13-9-18-8-11(13)2/h5-9,15-16H,1-4H3. The highest BCUT2D eigenvalue weighted by molar-refractivity contribution is 7.08. The van der Waals surface area contributed by atoms with Crippen molar-refractivity contribution in [2.24, 2.45) is 0 Å². The second-order valence-electron chi connectivity index (χ2n) is 4.48. The molecule has 0 amide bonds. The third-order valence-electron chi connectivity index (χ3n) is 3.19. The van der Waals surface area contributed by atoms with E-state index in [-0.39, 0.29) is 6.04 Å². The molecule has 1 atom stereocenters. The molecule has 1 aromatic carbocycles. The molecule has 0 aliphatic carbocycles. The van der Waals surface area contributed by atoms with E-state index >= 15 is 0 Å². The minimum atomic E-state index is 0.186. The second-order valence-corrected chi connectivity index (χ2v) is 5.22. The molecule has 1 aromatic heterocycles. The third-order valence-corrected chi connectivity index (χ3v) is 4.07. The number of thiophene rings is 1. The molecule has 2 nitrogen and oxygen atoms in total. The van der Waals surface area contributed by atoms with E-state index < -0.39 is 0 Å². The molecule has 0 bridgehead atoms. The van der Waals surface area contributed by atoms with E-state index in [0.29, 0.717) is 0 Å². The summed E-state index contributed by atoms with van der Waals surface area (Å²) >= 11 is 1.74. The first kappa shape index (κ1) is 13.1. The van der Waals surface area contributed by atoms with Gasteiger partial charge in [0.25, 0.3) is 0 Å². The Hall–Kier alpha value is -1.32. The van der Waals surface area contributed by atoms with Gasteiger partial charge in [-0.15, -0.1) is 0 Å². The number of hydrogen-bond donors (Lipinski definition) is 1. The Morgan fingerprint density at radius 2 is 1.94 bits per heavy atom. The van der Waals surface area contributed by atoms with Crippen LogP contribution < -0.4 is 10.1 Å². The number of rotatable bonds is 4. The first-order valence-corrected chi connectivity index (χ1v) is 6.96. The molecule has 0 aliphatic rings. The molecular weight excluding hydrogens is 242 g/mol. The van der Waals surface area contributed by atoms with Gasteiger partial charge in [-0.1, -0.05) is 17.7 Å². The summed E-state index contributed by atoms with van der Waals surface area (Å²) in [6.45, 7) is 4.26. The smallest absolute Gasteiger partial charge is 0.123 e. The zero-order valence-corrected chi connectivity index (χ0v) is 12.1. The van der Waals surface area contributed by atoms with Crippen LogP contribution in [0.4, 0.5) is 0 Å². The van der Waals surface area contributed by atoms with Crippen LogP contribution in [0.5, 0.6) is 5.75 Å². The molecule has 1 unspecified atom stereocenters. The van der Waals surface area contributed by atoms with Crippen LogP contribution in [0.15, 0.2) is 29.0 Å². The Morgan fingerprint density at radius 1 is 1.17 bits per heavy atom. The molecule has 0 saturated heterocycles. The summed E-state index contributed by atoms with van der Waals surface area (Å²) in [5.41, 5.74) is 5.09. The molecule has 3 heteroatoms. The lowest BCUT2D eigenvalue weighted by Crippen LogP contribution is -2.18. The molecule has 0 saturated carbocycles. The number of benzene rings is 1. The first-order chi connectivity index (χ1) is 8.67. The summed E-state index contributed by atoms with van der Waals surface area (Å²) in [6, 6.07) is 6.50. The summed E-state index contributed by atoms with van der Waals surface area (Å²) in [5.74, 6) is 0.936. The SMILES string of the molecule is CNC(c1cscc1C)c1cc(C)ccc1OC. The van der Waals surface area contributed by atoms with Crippen molar-refractivity contribution in [1.29, 1.82) is 0 Å². The van der Waals surface area contributed by atoms with E-state index in [4.69, 9.17) is 4.74 Å². The number of hydrogen-bond acceptors (Lipinski definition) is 3. The largest absolute Gasteiger partial charge is 0.496 e. The van der Waals surface area contributed by atoms with Gasteiger partial charge in [0.1, 0.15) is 5.75 Å². The van der Waals surface area contributed by atoms with Crippen LogP contribution in [-0.2, 0) is 0 Å². The van der Waals surface area contributed by atoms with Crippen LogP contribution in [0.25, 0.3) is 0 Å². The average molecular weight is 261 g/mol. The van der Waals surface area contributed by atoms with Crippen molar-refractivity contribution in [3.05, 3.63) is 51.2 Å². The van der Waals surface area contributed by atoms with Crippen LogP contribution >= 0.6 is 11.3 Å². The molecule has 18 heavy (non-hydrogen) atoms. The minimum absolute atomic E-state index is 0.186. The maximum atomic E-state index is 5.48. The van der Waals surface area contributed by atoms with Gasteiger partial charge >= 0.3 is 0 Å². The highest BCUT2D eigenvalue weighted by atomic mass is 32.1. The number of ether oxygens (including phenoxy) is 1. The van der Waals surface area contributed by atoms with Gasteiger partial charge in [0, 0.05) is 5.56 Å². The van der Waals surface area contributed by atoms with Crippen LogP contribution in [-0.4, -0.2) is 14.2 Å². The molecule has 0 radical (unpaired) electrons. The summed E-state index contributed by atoms with van der Waals surface area (Å²) < 4.78 is 5.48. The molecule has 1 heterocycles. The Labute approximate surface area is 113 Å². The van der Waals surface area contributed by atoms with Crippen LogP contribution in [0.2, 0.25) is 0 Å². The van der Waals surface area contributed by atoms with Crippen LogP contribution in [0.1, 0.15) is 28.3 Å². The van der Waals surface area contributed by atoms with Crippen LogP contribution in [0.3, 0.4) is 0 Å². The maximum Gasteiger partial charge on any atom is 0.123 e. The summed E-state index contributed by atoms with van der Waals surface area (Å²) in [5, 5.41) is 7.78. The summed E-state index contributed by atoms with van der Waals surface area (Å²) in [6.07, 6.45) is 0. The molecular formula is C15H19NOS. The van der Waals surface area contributed by atoms with Crippen molar-refractivity contribution in [2.45, 2.75) is 19.9 Å². The Bertz CT molecular complexity index is 533. The van der Waals surface area contributed by atoms with Crippen molar-refractivity contribution in [1.82, 2.24) is 5.32 Å². The first-order valence-electron chi connectivity index (χ1n) is 6.02. The lowest BCUT2D eigenvalue weighted by molar-refractivity contribution is 0.405. The Morgan fingerprint density at radius 3 is 2.50 bits per heavy atom. The van der Waals surface area contributed by atoms with Gasteiger partial charge < -0.3 is 10.1 Å². The van der Waals surface area contributed by atoms with E-state index in [1.54, 1.807) is 18.4 Å². The highest BCUT2D eigenvalue weighted by Crippen LogP contribution is 2.33. The van der Waals surface area contributed by atoms with E-state index in [2.05, 4.69) is 42.1 Å². The lowest BCUT2D eigenvalue weighted by atomic mass is 9.96. The monoisotopic (exact) mass is 261 g/mol. The molecule has 2 rings (SSSR count). The van der Waals surface area contributed by atoms with Gasteiger partial charge in [-0.25, -0.2) is 0 Å². The lowest BCUT2D eigenvalue weighted by Gasteiger charge is -2.20. The molecule has 1 N–H and O–H groups in total. The molecule has 0 aliphatic heterocycles. The fourth-order valence-electron chi connectivity index (χ4n) is 2.22. The quantitative estimate of drug-likeness (QED) is 0.906.